The molecule has 1 aliphatic heterocycles. The summed E-state index contributed by atoms with van der Waals surface area (Å²) in [7, 11) is 1.75. The number of nitrogens with zero attached hydrogens (tertiary/aromatic N) is 3. The molecular formula is C22H20ClF2N3O2. The molecule has 0 unspecified atom stereocenters. The molecule has 1 aromatic heterocycles. The first-order valence-electron chi connectivity index (χ1n) is 9.61. The summed E-state index contributed by atoms with van der Waals surface area (Å²) in [5, 5.41) is 0.341. The number of imidazole rings is 1. The van der Waals surface area contributed by atoms with Gasteiger partial charge in [0.1, 0.15) is 29.0 Å². The summed E-state index contributed by atoms with van der Waals surface area (Å²) in [4.78, 5) is 17.8. The Morgan fingerprint density at radius 2 is 1.87 bits per heavy atom. The Balaban J connectivity index is 1.63. The lowest BCUT2D eigenvalue weighted by Crippen LogP contribution is -2.20. The van der Waals surface area contributed by atoms with Gasteiger partial charge in [0, 0.05) is 30.3 Å². The Labute approximate surface area is 177 Å². The molecule has 3 aromatic rings. The van der Waals surface area contributed by atoms with Gasteiger partial charge >= 0.3 is 0 Å². The van der Waals surface area contributed by atoms with Gasteiger partial charge < -0.3 is 9.30 Å². The predicted molar refractivity (Wildman–Crippen MR) is 110 cm³/mol. The number of likely N-dealkylation sites (tertiary alicyclic amines) is 1. The molecule has 0 spiro atoms. The predicted octanol–water partition coefficient (Wildman–Crippen LogP) is 5.22. The van der Waals surface area contributed by atoms with Crippen LogP contribution in [0.4, 0.5) is 8.78 Å². The lowest BCUT2D eigenvalue weighted by molar-refractivity contribution is 0.112. The molecule has 1 aliphatic rings. The summed E-state index contributed by atoms with van der Waals surface area (Å²) in [6.07, 6.45) is 4.38. The van der Waals surface area contributed by atoms with Crippen LogP contribution in [-0.4, -0.2) is 33.8 Å². The van der Waals surface area contributed by atoms with Crippen molar-refractivity contribution in [2.24, 2.45) is 7.05 Å². The van der Waals surface area contributed by atoms with Crippen LogP contribution in [0, 0.1) is 11.6 Å². The normalized spacial score (nSPS) is 14.3. The van der Waals surface area contributed by atoms with E-state index in [4.69, 9.17) is 16.3 Å². The van der Waals surface area contributed by atoms with Crippen LogP contribution >= 0.6 is 11.6 Å². The minimum Gasteiger partial charge on any atom is -0.456 e. The third-order valence-electron chi connectivity index (χ3n) is 5.25. The molecule has 2 heterocycles. The van der Waals surface area contributed by atoms with Crippen molar-refractivity contribution in [2.45, 2.75) is 19.4 Å². The number of ether oxygens (including phenoxy) is 1. The van der Waals surface area contributed by atoms with Gasteiger partial charge in [0.25, 0.3) is 0 Å². The summed E-state index contributed by atoms with van der Waals surface area (Å²) < 4.78 is 37.0. The summed E-state index contributed by atoms with van der Waals surface area (Å²) in [5.41, 5.74) is 0.399. The zero-order valence-corrected chi connectivity index (χ0v) is 17.1. The maximum absolute atomic E-state index is 14.9. The summed E-state index contributed by atoms with van der Waals surface area (Å²) in [6, 6.07) is 6.59. The molecule has 8 heteroatoms. The van der Waals surface area contributed by atoms with E-state index < -0.39 is 11.6 Å². The van der Waals surface area contributed by atoms with E-state index in [2.05, 4.69) is 9.88 Å². The molecule has 0 saturated carbocycles. The zero-order valence-electron chi connectivity index (χ0n) is 16.4. The van der Waals surface area contributed by atoms with Gasteiger partial charge in [-0.15, -0.1) is 0 Å². The smallest absolute Gasteiger partial charge is 0.153 e. The lowest BCUT2D eigenvalue weighted by atomic mass is 10.1. The number of carbonyl (C=O) groups excluding carboxylic acids is 1. The van der Waals surface area contributed by atoms with Gasteiger partial charge in [0.2, 0.25) is 0 Å². The summed E-state index contributed by atoms with van der Waals surface area (Å²) in [5.74, 6) is -0.762. The van der Waals surface area contributed by atoms with Crippen LogP contribution in [-0.2, 0) is 13.6 Å². The van der Waals surface area contributed by atoms with Crippen LogP contribution in [0.5, 0.6) is 11.5 Å². The standard InChI is InChI=1S/C22H20ClF2N3O2/c1-27-19(11-26-21(27)12-28-6-2-3-7-28)22-17(24)9-16(10-18(22)25)30-20-8-15(23)5-4-14(20)13-29/h4-5,8-11,13H,2-3,6-7,12H2,1H3. The molecule has 156 valence electrons. The van der Waals surface area contributed by atoms with Crippen LogP contribution < -0.4 is 4.74 Å². The Morgan fingerprint density at radius 3 is 2.53 bits per heavy atom. The Bertz CT molecular complexity index is 1070. The fourth-order valence-corrected chi connectivity index (χ4v) is 3.80. The van der Waals surface area contributed by atoms with E-state index in [1.54, 1.807) is 11.6 Å². The SMILES string of the molecule is Cn1c(-c2c(F)cc(Oc3cc(Cl)ccc3C=O)cc2F)cnc1CN1CCCC1. The van der Waals surface area contributed by atoms with Crippen LogP contribution in [0.1, 0.15) is 29.0 Å². The van der Waals surface area contributed by atoms with E-state index in [0.29, 0.717) is 23.5 Å². The van der Waals surface area contributed by atoms with Gasteiger partial charge in [0.15, 0.2) is 6.29 Å². The van der Waals surface area contributed by atoms with E-state index >= 15 is 0 Å². The van der Waals surface area contributed by atoms with Crippen LogP contribution in [0.15, 0.2) is 36.5 Å². The number of carbonyl (C=O) groups is 1. The molecule has 1 saturated heterocycles. The number of aromatic nitrogens is 2. The highest BCUT2D eigenvalue weighted by atomic mass is 35.5. The van der Waals surface area contributed by atoms with Crippen molar-refractivity contribution >= 4 is 17.9 Å². The summed E-state index contributed by atoms with van der Waals surface area (Å²) >= 11 is 5.93. The molecule has 30 heavy (non-hydrogen) atoms. The van der Waals surface area contributed by atoms with Crippen molar-refractivity contribution in [2.75, 3.05) is 13.1 Å². The van der Waals surface area contributed by atoms with Crippen molar-refractivity contribution in [1.29, 1.82) is 0 Å². The fraction of sp³-hybridized carbons (Fsp3) is 0.273. The third kappa shape index (κ3) is 4.08. The maximum Gasteiger partial charge on any atom is 0.153 e. The highest BCUT2D eigenvalue weighted by molar-refractivity contribution is 6.30. The Morgan fingerprint density at radius 1 is 1.17 bits per heavy atom. The second-order valence-corrected chi connectivity index (χ2v) is 7.70. The average molecular weight is 432 g/mol. The highest BCUT2D eigenvalue weighted by Gasteiger charge is 2.21. The topological polar surface area (TPSA) is 47.4 Å². The van der Waals surface area contributed by atoms with E-state index in [0.717, 1.165) is 43.9 Å². The molecule has 0 N–H and O–H groups in total. The molecule has 0 bridgehead atoms. The average Bonchev–Trinajstić information content (AvgIpc) is 3.33. The number of rotatable bonds is 6. The van der Waals surface area contributed by atoms with Crippen molar-refractivity contribution in [1.82, 2.24) is 14.5 Å². The molecule has 1 fully saturated rings. The Kier molecular flexibility index (Phi) is 5.83. The first-order valence-corrected chi connectivity index (χ1v) is 9.99. The highest BCUT2D eigenvalue weighted by Crippen LogP contribution is 2.33. The third-order valence-corrected chi connectivity index (χ3v) is 5.49. The molecular weight excluding hydrogens is 412 g/mol. The van der Waals surface area contributed by atoms with Gasteiger partial charge in [-0.25, -0.2) is 13.8 Å². The van der Waals surface area contributed by atoms with Crippen molar-refractivity contribution < 1.29 is 18.3 Å². The molecule has 0 aliphatic carbocycles. The Hall–Kier alpha value is -2.77. The van der Waals surface area contributed by atoms with Gasteiger partial charge in [-0.2, -0.15) is 0 Å². The first kappa shape index (κ1) is 20.5. The molecule has 0 amide bonds. The molecule has 0 radical (unpaired) electrons. The van der Waals surface area contributed by atoms with Crippen LogP contribution in [0.3, 0.4) is 0 Å². The maximum atomic E-state index is 14.9. The van der Waals surface area contributed by atoms with Crippen LogP contribution in [0.2, 0.25) is 5.02 Å². The van der Waals surface area contributed by atoms with Gasteiger partial charge in [-0.3, -0.25) is 9.69 Å². The number of aldehydes is 1. The van der Waals surface area contributed by atoms with Crippen molar-refractivity contribution in [3.63, 3.8) is 0 Å². The second kappa shape index (κ2) is 8.53. The quantitative estimate of drug-likeness (QED) is 0.502. The minimum absolute atomic E-state index is 0.0708. The second-order valence-electron chi connectivity index (χ2n) is 7.27. The van der Waals surface area contributed by atoms with E-state index in [-0.39, 0.29) is 22.6 Å². The van der Waals surface area contributed by atoms with E-state index in [1.807, 2.05) is 0 Å². The number of hydrogen-bond donors (Lipinski definition) is 0. The van der Waals surface area contributed by atoms with Crippen LogP contribution in [0.25, 0.3) is 11.3 Å². The lowest BCUT2D eigenvalue weighted by Gasteiger charge is -2.15. The molecule has 2 aromatic carbocycles. The molecule has 0 atom stereocenters. The van der Waals surface area contributed by atoms with Crippen molar-refractivity contribution in [3.8, 4) is 22.8 Å². The summed E-state index contributed by atoms with van der Waals surface area (Å²) in [6.45, 7) is 2.65. The molecule has 5 nitrogen and oxygen atoms in total. The minimum atomic E-state index is -0.782. The van der Waals surface area contributed by atoms with E-state index in [9.17, 15) is 13.6 Å². The number of benzene rings is 2. The number of halogens is 3. The van der Waals surface area contributed by atoms with Gasteiger partial charge in [0.05, 0.1) is 29.6 Å². The number of hydrogen-bond acceptors (Lipinski definition) is 4. The monoisotopic (exact) mass is 431 g/mol. The first-order chi connectivity index (χ1) is 14.5. The largest absolute Gasteiger partial charge is 0.456 e. The van der Waals surface area contributed by atoms with Crippen molar-refractivity contribution in [3.05, 3.63) is 64.6 Å². The molecule has 4 rings (SSSR count). The zero-order chi connectivity index (χ0) is 21.3. The van der Waals surface area contributed by atoms with Gasteiger partial charge in [-0.1, -0.05) is 11.6 Å². The van der Waals surface area contributed by atoms with Gasteiger partial charge in [-0.05, 0) is 38.1 Å². The van der Waals surface area contributed by atoms with E-state index in [1.165, 1.54) is 24.4 Å². The fourth-order valence-electron chi connectivity index (χ4n) is 3.64.